The van der Waals surface area contributed by atoms with Crippen LogP contribution in [0.25, 0.3) is 0 Å². The van der Waals surface area contributed by atoms with Gasteiger partial charge in [-0.3, -0.25) is 4.90 Å². The minimum Gasteiger partial charge on any atom is -0.468 e. The number of nitrogens with one attached hydrogen (secondary N) is 1. The minimum atomic E-state index is -3.05. The Kier molecular flexibility index (Phi) is 5.54. The Hall–Kier alpha value is -0.500. The Morgan fingerprint density at radius 3 is 3.05 bits per heavy atom. The molecule has 5 nitrogen and oxygen atoms in total. The number of sulfone groups is 1. The molecule has 1 aromatic rings. The maximum absolute atomic E-state index is 11.9. The molecule has 2 rings (SSSR count). The van der Waals surface area contributed by atoms with Crippen molar-refractivity contribution in [2.75, 3.05) is 30.9 Å². The van der Waals surface area contributed by atoms with Gasteiger partial charge in [0.1, 0.15) is 11.1 Å². The van der Waals surface area contributed by atoms with E-state index in [1.54, 1.807) is 18.0 Å². The van der Waals surface area contributed by atoms with Gasteiger partial charge in [-0.05, 0) is 12.6 Å². The van der Waals surface area contributed by atoms with E-state index in [0.717, 1.165) is 30.2 Å². The largest absolute Gasteiger partial charge is 0.468 e. The molecule has 0 amide bonds. The third-order valence-corrected chi connectivity index (χ3v) is 6.12. The molecular weight excluding hydrogens is 296 g/mol. The Morgan fingerprint density at radius 2 is 2.35 bits per heavy atom. The first-order chi connectivity index (χ1) is 9.52. The maximum atomic E-state index is 11.9. The number of thioether (sulfide) groups is 1. The van der Waals surface area contributed by atoms with E-state index >= 15 is 0 Å². The molecule has 114 valence electrons. The molecule has 1 aliphatic rings. The molecule has 0 saturated carbocycles. The molecule has 7 heteroatoms. The SMILES string of the molecule is CCNCc1occc1CN1CCSCC1S(C)(=O)=O. The van der Waals surface area contributed by atoms with Crippen molar-refractivity contribution in [3.63, 3.8) is 0 Å². The van der Waals surface area contributed by atoms with Crippen LogP contribution in [-0.4, -0.2) is 49.5 Å². The van der Waals surface area contributed by atoms with Gasteiger partial charge in [-0.1, -0.05) is 6.92 Å². The minimum absolute atomic E-state index is 0.386. The molecule has 0 aromatic carbocycles. The van der Waals surface area contributed by atoms with Gasteiger partial charge in [-0.2, -0.15) is 11.8 Å². The average Bonchev–Trinajstić information content (AvgIpc) is 2.83. The van der Waals surface area contributed by atoms with Crippen molar-refractivity contribution in [2.45, 2.75) is 25.4 Å². The zero-order valence-electron chi connectivity index (χ0n) is 12.0. The predicted octanol–water partition coefficient (Wildman–Crippen LogP) is 1.31. The molecule has 20 heavy (non-hydrogen) atoms. The second-order valence-electron chi connectivity index (χ2n) is 4.98. The van der Waals surface area contributed by atoms with Gasteiger partial charge in [0.2, 0.25) is 0 Å². The summed E-state index contributed by atoms with van der Waals surface area (Å²) in [5, 5.41) is 2.85. The lowest BCUT2D eigenvalue weighted by atomic mass is 10.2. The second-order valence-corrected chi connectivity index (χ2v) is 8.33. The van der Waals surface area contributed by atoms with Gasteiger partial charge in [0.15, 0.2) is 9.84 Å². The highest BCUT2D eigenvalue weighted by Gasteiger charge is 2.31. The van der Waals surface area contributed by atoms with E-state index in [2.05, 4.69) is 5.32 Å². The third-order valence-electron chi connectivity index (χ3n) is 3.43. The number of hydrogen-bond donors (Lipinski definition) is 1. The first-order valence-electron chi connectivity index (χ1n) is 6.79. The van der Waals surface area contributed by atoms with Crippen molar-refractivity contribution in [1.29, 1.82) is 0 Å². The van der Waals surface area contributed by atoms with Crippen LogP contribution in [0, 0.1) is 0 Å². The monoisotopic (exact) mass is 318 g/mol. The molecule has 2 heterocycles. The number of furan rings is 1. The fourth-order valence-corrected chi connectivity index (χ4v) is 5.25. The molecule has 1 unspecified atom stereocenters. The van der Waals surface area contributed by atoms with E-state index in [0.29, 0.717) is 18.8 Å². The topological polar surface area (TPSA) is 62.6 Å². The van der Waals surface area contributed by atoms with Crippen LogP contribution in [0.2, 0.25) is 0 Å². The van der Waals surface area contributed by atoms with Gasteiger partial charge in [0, 0.05) is 36.4 Å². The van der Waals surface area contributed by atoms with Gasteiger partial charge in [-0.25, -0.2) is 8.42 Å². The van der Waals surface area contributed by atoms with Crippen molar-refractivity contribution in [1.82, 2.24) is 10.2 Å². The summed E-state index contributed by atoms with van der Waals surface area (Å²) in [7, 11) is -3.05. The summed E-state index contributed by atoms with van der Waals surface area (Å²) in [6.45, 7) is 5.05. The highest BCUT2D eigenvalue weighted by Crippen LogP contribution is 2.23. The summed E-state index contributed by atoms with van der Waals surface area (Å²) in [6, 6.07) is 1.94. The molecule has 1 saturated heterocycles. The van der Waals surface area contributed by atoms with Crippen molar-refractivity contribution in [3.8, 4) is 0 Å². The summed E-state index contributed by atoms with van der Waals surface area (Å²) in [6.07, 6.45) is 3.00. The molecule has 1 aliphatic heterocycles. The van der Waals surface area contributed by atoms with Crippen molar-refractivity contribution in [3.05, 3.63) is 23.7 Å². The molecule has 1 atom stereocenters. The summed E-state index contributed by atoms with van der Waals surface area (Å²) in [5.74, 6) is 2.53. The highest BCUT2D eigenvalue weighted by atomic mass is 32.2. The zero-order chi connectivity index (χ0) is 14.6. The van der Waals surface area contributed by atoms with Crippen LogP contribution < -0.4 is 5.32 Å². The smallest absolute Gasteiger partial charge is 0.164 e. The molecule has 0 radical (unpaired) electrons. The van der Waals surface area contributed by atoms with E-state index in [4.69, 9.17) is 4.42 Å². The molecule has 1 aromatic heterocycles. The Morgan fingerprint density at radius 1 is 1.55 bits per heavy atom. The molecule has 0 bridgehead atoms. The fourth-order valence-electron chi connectivity index (χ4n) is 2.31. The van der Waals surface area contributed by atoms with Crippen LogP contribution >= 0.6 is 11.8 Å². The summed E-state index contributed by atoms with van der Waals surface area (Å²) >= 11 is 1.71. The summed E-state index contributed by atoms with van der Waals surface area (Å²) < 4.78 is 29.3. The van der Waals surface area contributed by atoms with Crippen molar-refractivity contribution in [2.24, 2.45) is 0 Å². The molecule has 1 N–H and O–H groups in total. The van der Waals surface area contributed by atoms with Gasteiger partial charge in [0.25, 0.3) is 0 Å². The second kappa shape index (κ2) is 6.98. The van der Waals surface area contributed by atoms with E-state index in [1.165, 1.54) is 6.26 Å². The number of hydrogen-bond acceptors (Lipinski definition) is 6. The number of rotatable bonds is 6. The average molecular weight is 318 g/mol. The Balaban J connectivity index is 2.09. The lowest BCUT2D eigenvalue weighted by molar-refractivity contribution is 0.260. The van der Waals surface area contributed by atoms with Gasteiger partial charge >= 0.3 is 0 Å². The standard InChI is InChI=1S/C13H22N2O3S2/c1-3-14-8-12-11(4-6-18-12)9-15-5-7-19-10-13(15)20(2,16)17/h4,6,13-14H,3,5,7-10H2,1-2H3. The third kappa shape index (κ3) is 4.00. The Labute approximate surface area is 125 Å². The van der Waals surface area contributed by atoms with Crippen LogP contribution in [0.4, 0.5) is 0 Å². The molecule has 0 spiro atoms. The molecule has 1 fully saturated rings. The predicted molar refractivity (Wildman–Crippen MR) is 82.5 cm³/mol. The summed E-state index contributed by atoms with van der Waals surface area (Å²) in [4.78, 5) is 2.05. The molecular formula is C13H22N2O3S2. The lowest BCUT2D eigenvalue weighted by Gasteiger charge is -2.33. The first kappa shape index (κ1) is 15.9. The van der Waals surface area contributed by atoms with Crippen LogP contribution in [0.1, 0.15) is 18.2 Å². The lowest BCUT2D eigenvalue weighted by Crippen LogP contribution is -2.46. The van der Waals surface area contributed by atoms with Gasteiger partial charge in [-0.15, -0.1) is 0 Å². The summed E-state index contributed by atoms with van der Waals surface area (Å²) in [5.41, 5.74) is 1.08. The van der Waals surface area contributed by atoms with Crippen LogP contribution in [0.5, 0.6) is 0 Å². The fraction of sp³-hybridized carbons (Fsp3) is 0.692. The van der Waals surface area contributed by atoms with Crippen LogP contribution in [-0.2, 0) is 22.9 Å². The number of nitrogens with zero attached hydrogens (tertiary/aromatic N) is 1. The maximum Gasteiger partial charge on any atom is 0.164 e. The van der Waals surface area contributed by atoms with Crippen molar-refractivity contribution < 1.29 is 12.8 Å². The van der Waals surface area contributed by atoms with Crippen LogP contribution in [0.15, 0.2) is 16.7 Å². The zero-order valence-corrected chi connectivity index (χ0v) is 13.6. The Bertz CT molecular complexity index is 527. The van der Waals surface area contributed by atoms with E-state index < -0.39 is 9.84 Å². The normalized spacial score (nSPS) is 21.2. The van der Waals surface area contributed by atoms with E-state index in [1.807, 2.05) is 17.9 Å². The first-order valence-corrected chi connectivity index (χ1v) is 9.90. The van der Waals surface area contributed by atoms with Gasteiger partial charge in [0.05, 0.1) is 12.8 Å². The van der Waals surface area contributed by atoms with Gasteiger partial charge < -0.3 is 9.73 Å². The van der Waals surface area contributed by atoms with Crippen LogP contribution in [0.3, 0.4) is 0 Å². The van der Waals surface area contributed by atoms with Crippen molar-refractivity contribution >= 4 is 21.6 Å². The quantitative estimate of drug-likeness (QED) is 0.853. The van der Waals surface area contributed by atoms with E-state index in [-0.39, 0.29) is 5.37 Å². The van der Waals surface area contributed by atoms with E-state index in [9.17, 15) is 8.42 Å². The molecule has 0 aliphatic carbocycles. The highest BCUT2D eigenvalue weighted by molar-refractivity contribution is 8.00.